The molecule has 2 aliphatic rings. The molecule has 0 unspecified atom stereocenters. The second-order valence-electron chi connectivity index (χ2n) is 9.65. The van der Waals surface area contributed by atoms with Crippen LogP contribution in [-0.4, -0.2) is 33.5 Å². The lowest BCUT2D eigenvalue weighted by Crippen LogP contribution is -2.28. The SMILES string of the molecule is CC(C)(C)c1cc2cc(NC(=O)C3(c4ccc5c(c4)OC(F)(F)O5)CC3)ncc2n1CCO. The Bertz CT molecular complexity index is 1260. The zero-order valence-electron chi connectivity index (χ0n) is 18.6. The molecule has 0 atom stereocenters. The number of carbonyl (C=O) groups excluding carboxylic acids is 1. The minimum absolute atomic E-state index is 0.00926. The molecule has 9 heteroatoms. The third kappa shape index (κ3) is 3.70. The number of aromatic nitrogens is 2. The molecule has 0 spiro atoms. The van der Waals surface area contributed by atoms with E-state index in [1.165, 1.54) is 12.1 Å². The highest BCUT2D eigenvalue weighted by Crippen LogP contribution is 2.52. The molecule has 2 N–H and O–H groups in total. The van der Waals surface area contributed by atoms with Crippen molar-refractivity contribution < 1.29 is 28.2 Å². The van der Waals surface area contributed by atoms with E-state index in [1.54, 1.807) is 12.3 Å². The van der Waals surface area contributed by atoms with Gasteiger partial charge in [0, 0.05) is 23.0 Å². The van der Waals surface area contributed by atoms with Crippen LogP contribution >= 0.6 is 0 Å². The van der Waals surface area contributed by atoms with Crippen LogP contribution in [0.4, 0.5) is 14.6 Å². The first-order valence-electron chi connectivity index (χ1n) is 10.8. The number of aliphatic hydroxyl groups excluding tert-OH is 1. The minimum Gasteiger partial charge on any atom is -0.395 e. The maximum atomic E-state index is 13.4. The van der Waals surface area contributed by atoms with Crippen molar-refractivity contribution in [1.29, 1.82) is 0 Å². The average Bonchev–Trinajstić information content (AvgIpc) is 3.37. The minimum atomic E-state index is -3.70. The van der Waals surface area contributed by atoms with Crippen molar-refractivity contribution in [3.05, 3.63) is 47.8 Å². The van der Waals surface area contributed by atoms with Gasteiger partial charge < -0.3 is 24.5 Å². The predicted octanol–water partition coefficient (Wildman–Crippen LogP) is 4.32. The summed E-state index contributed by atoms with van der Waals surface area (Å²) >= 11 is 0. The number of hydrogen-bond acceptors (Lipinski definition) is 5. The number of fused-ring (bicyclic) bond motifs is 2. The Morgan fingerprint density at radius 2 is 1.91 bits per heavy atom. The molecule has 5 rings (SSSR count). The van der Waals surface area contributed by atoms with Gasteiger partial charge in [0.15, 0.2) is 11.5 Å². The molecule has 0 radical (unpaired) electrons. The molecule has 0 bridgehead atoms. The van der Waals surface area contributed by atoms with Crippen LogP contribution in [0.25, 0.3) is 10.9 Å². The Hall–Kier alpha value is -3.20. The number of carbonyl (C=O) groups is 1. The van der Waals surface area contributed by atoms with Crippen molar-refractivity contribution in [2.75, 3.05) is 11.9 Å². The van der Waals surface area contributed by atoms with Crippen LogP contribution in [0.2, 0.25) is 0 Å². The molecule has 3 aromatic rings. The van der Waals surface area contributed by atoms with E-state index in [9.17, 15) is 18.7 Å². The highest BCUT2D eigenvalue weighted by Gasteiger charge is 2.53. The van der Waals surface area contributed by atoms with E-state index in [4.69, 9.17) is 0 Å². The summed E-state index contributed by atoms with van der Waals surface area (Å²) in [6, 6.07) is 8.34. The zero-order chi connectivity index (χ0) is 23.6. The van der Waals surface area contributed by atoms with Gasteiger partial charge >= 0.3 is 6.29 Å². The molecule has 1 saturated carbocycles. The van der Waals surface area contributed by atoms with Crippen molar-refractivity contribution in [1.82, 2.24) is 9.55 Å². The van der Waals surface area contributed by atoms with E-state index in [0.717, 1.165) is 16.6 Å². The number of hydrogen-bond donors (Lipinski definition) is 2. The fraction of sp³-hybridized carbons (Fsp3) is 0.417. The van der Waals surface area contributed by atoms with Crippen molar-refractivity contribution >= 4 is 22.6 Å². The largest absolute Gasteiger partial charge is 0.586 e. The van der Waals surface area contributed by atoms with Crippen molar-refractivity contribution in [3.63, 3.8) is 0 Å². The normalized spacial score (nSPS) is 17.9. The van der Waals surface area contributed by atoms with Crippen LogP contribution < -0.4 is 14.8 Å². The monoisotopic (exact) mass is 457 g/mol. The summed E-state index contributed by atoms with van der Waals surface area (Å²) in [7, 11) is 0. The Morgan fingerprint density at radius 3 is 2.58 bits per heavy atom. The fourth-order valence-corrected chi connectivity index (χ4v) is 4.44. The first-order chi connectivity index (χ1) is 15.5. The smallest absolute Gasteiger partial charge is 0.395 e. The van der Waals surface area contributed by atoms with Gasteiger partial charge in [0.2, 0.25) is 5.91 Å². The number of pyridine rings is 1. The molecule has 2 aromatic heterocycles. The molecular weight excluding hydrogens is 432 g/mol. The van der Waals surface area contributed by atoms with Crippen LogP contribution in [0, 0.1) is 0 Å². The van der Waals surface area contributed by atoms with Gasteiger partial charge in [-0.05, 0) is 42.7 Å². The average molecular weight is 457 g/mol. The van der Waals surface area contributed by atoms with E-state index in [1.807, 2.05) is 16.7 Å². The Labute approximate surface area is 189 Å². The van der Waals surface area contributed by atoms with Gasteiger partial charge in [-0.1, -0.05) is 26.8 Å². The van der Waals surface area contributed by atoms with Crippen molar-refractivity contribution in [3.8, 4) is 11.5 Å². The topological polar surface area (TPSA) is 85.6 Å². The standard InChI is InChI=1S/C24H25F2N3O4/c1-22(2,3)19-10-14-11-20(27-13-16(14)29(19)8-9-30)28-21(31)23(6-7-23)15-4-5-17-18(12-15)33-24(25,26)32-17/h4-5,10-13,30H,6-9H2,1-3H3,(H,27,28,31). The van der Waals surface area contributed by atoms with Gasteiger partial charge in [-0.15, -0.1) is 8.78 Å². The number of aliphatic hydroxyl groups is 1. The van der Waals surface area contributed by atoms with Gasteiger partial charge in [0.05, 0.1) is 23.7 Å². The first kappa shape index (κ1) is 21.6. The molecule has 0 saturated heterocycles. The lowest BCUT2D eigenvalue weighted by Gasteiger charge is -2.21. The van der Waals surface area contributed by atoms with Crippen LogP contribution in [0.1, 0.15) is 44.9 Å². The molecule has 33 heavy (non-hydrogen) atoms. The van der Waals surface area contributed by atoms with Gasteiger partial charge in [0.1, 0.15) is 5.82 Å². The number of rotatable bonds is 5. The number of amides is 1. The number of halogens is 2. The number of benzene rings is 1. The van der Waals surface area contributed by atoms with Crippen LogP contribution in [0.15, 0.2) is 36.5 Å². The van der Waals surface area contributed by atoms with Crippen molar-refractivity contribution in [2.24, 2.45) is 0 Å². The third-order valence-corrected chi connectivity index (χ3v) is 6.26. The molecule has 1 fully saturated rings. The predicted molar refractivity (Wildman–Crippen MR) is 118 cm³/mol. The maximum Gasteiger partial charge on any atom is 0.586 e. The lowest BCUT2D eigenvalue weighted by atomic mass is 9.92. The number of anilines is 1. The molecule has 7 nitrogen and oxygen atoms in total. The summed E-state index contributed by atoms with van der Waals surface area (Å²) in [5.41, 5.74) is 1.60. The third-order valence-electron chi connectivity index (χ3n) is 6.26. The fourth-order valence-electron chi connectivity index (χ4n) is 4.44. The summed E-state index contributed by atoms with van der Waals surface area (Å²) in [6.07, 6.45) is -0.813. The van der Waals surface area contributed by atoms with Crippen LogP contribution in [-0.2, 0) is 22.2 Å². The molecule has 1 amide bonds. The van der Waals surface area contributed by atoms with Gasteiger partial charge in [-0.2, -0.15) is 0 Å². The van der Waals surface area contributed by atoms with E-state index in [2.05, 4.69) is 40.5 Å². The molecule has 1 aliphatic carbocycles. The van der Waals surface area contributed by atoms with E-state index in [0.29, 0.717) is 30.8 Å². The molecule has 1 aliphatic heterocycles. The van der Waals surface area contributed by atoms with Crippen LogP contribution in [0.5, 0.6) is 11.5 Å². The van der Waals surface area contributed by atoms with E-state index < -0.39 is 11.7 Å². The summed E-state index contributed by atoms with van der Waals surface area (Å²) in [6.45, 7) is 6.76. The Kier molecular flexibility index (Phi) is 4.69. The highest BCUT2D eigenvalue weighted by molar-refractivity contribution is 6.02. The maximum absolute atomic E-state index is 13.4. The van der Waals surface area contributed by atoms with E-state index in [-0.39, 0.29) is 29.4 Å². The number of alkyl halides is 2. The first-order valence-corrected chi connectivity index (χ1v) is 10.8. The molecule has 3 heterocycles. The molecule has 174 valence electrons. The second kappa shape index (κ2) is 7.15. The molecule has 1 aromatic carbocycles. The lowest BCUT2D eigenvalue weighted by molar-refractivity contribution is -0.286. The number of ether oxygens (including phenoxy) is 2. The number of nitrogens with one attached hydrogen (secondary N) is 1. The summed E-state index contributed by atoms with van der Waals surface area (Å²) in [5.74, 6) is 0.0450. The van der Waals surface area contributed by atoms with Gasteiger partial charge in [-0.25, -0.2) is 4.98 Å². The van der Waals surface area contributed by atoms with Crippen LogP contribution in [0.3, 0.4) is 0 Å². The Morgan fingerprint density at radius 1 is 1.18 bits per heavy atom. The summed E-state index contributed by atoms with van der Waals surface area (Å²) in [4.78, 5) is 17.6. The second-order valence-corrected chi connectivity index (χ2v) is 9.65. The van der Waals surface area contributed by atoms with E-state index >= 15 is 0 Å². The Balaban J connectivity index is 1.42. The highest BCUT2D eigenvalue weighted by atomic mass is 19.3. The number of nitrogens with zero attached hydrogens (tertiary/aromatic N) is 2. The molecular formula is C24H25F2N3O4. The zero-order valence-corrected chi connectivity index (χ0v) is 18.6. The summed E-state index contributed by atoms with van der Waals surface area (Å²) in [5, 5.41) is 13.3. The van der Waals surface area contributed by atoms with Crippen molar-refractivity contribution in [2.45, 2.75) is 57.3 Å². The summed E-state index contributed by atoms with van der Waals surface area (Å²) < 4.78 is 37.8. The van der Waals surface area contributed by atoms with Gasteiger partial charge in [-0.3, -0.25) is 4.79 Å². The van der Waals surface area contributed by atoms with Gasteiger partial charge in [0.25, 0.3) is 0 Å². The quantitative estimate of drug-likeness (QED) is 0.596.